The van der Waals surface area contributed by atoms with Gasteiger partial charge >= 0.3 is 0 Å². The van der Waals surface area contributed by atoms with Gasteiger partial charge in [-0.25, -0.2) is 0 Å². The van der Waals surface area contributed by atoms with Gasteiger partial charge < -0.3 is 87.5 Å². The SMILES string of the molecule is CO[C@H]1C[C@H](O[C@H]2[C@@H](O)C[C@H](O[C@H]3[C@@H](OC)C[C@H](O[C@@H]4CC5=CC[C@H]6C(=O)[C@@](O)(c7ccoc7C)CC[C@@H]6[C@@]5(C)C[C@H]4O)O[C@@H]3C)O[C@@H]2C)O[C@@H](C)[C@@H]1O[C@@H]1O[C@H](CO)[C@@H](O)[C@H](O)[C@H]1O. The molecule has 19 heteroatoms. The normalized spacial score (nSPS) is 49.5. The summed E-state index contributed by atoms with van der Waals surface area (Å²) in [6.45, 7) is 8.63. The Kier molecular flexibility index (Phi) is 15.0. The van der Waals surface area contributed by atoms with Crippen LogP contribution in [0.15, 0.2) is 28.4 Å². The van der Waals surface area contributed by atoms with Crippen molar-refractivity contribution in [3.05, 3.63) is 35.3 Å². The van der Waals surface area contributed by atoms with Crippen molar-refractivity contribution in [3.63, 3.8) is 0 Å². The predicted molar refractivity (Wildman–Crippen MR) is 222 cm³/mol. The van der Waals surface area contributed by atoms with E-state index in [4.69, 9.17) is 51.8 Å². The van der Waals surface area contributed by atoms with E-state index in [0.717, 1.165) is 5.57 Å². The monoisotopic (exact) mass is 926 g/mol. The van der Waals surface area contributed by atoms with E-state index in [0.29, 0.717) is 49.8 Å². The molecule has 6 fully saturated rings. The van der Waals surface area contributed by atoms with Crippen molar-refractivity contribution in [1.29, 1.82) is 0 Å². The highest BCUT2D eigenvalue weighted by molar-refractivity contribution is 5.92. The van der Waals surface area contributed by atoms with Crippen LogP contribution in [-0.2, 0) is 57.8 Å². The van der Waals surface area contributed by atoms with Crippen molar-refractivity contribution in [2.24, 2.45) is 17.3 Å². The Balaban J connectivity index is 0.828. The Morgan fingerprint density at radius 1 is 0.754 bits per heavy atom. The summed E-state index contributed by atoms with van der Waals surface area (Å²) in [5.74, 6) is -0.0392. The number of methoxy groups -OCH3 is 2. The Hall–Kier alpha value is -1.99. The molecule has 7 aliphatic rings. The van der Waals surface area contributed by atoms with E-state index in [1.165, 1.54) is 13.4 Å². The molecule has 19 nitrogen and oxygen atoms in total. The molecule has 0 amide bonds. The average Bonchev–Trinajstić information content (AvgIpc) is 3.71. The fraction of sp³-hybridized carbons (Fsp3) is 0.848. The minimum absolute atomic E-state index is 0.0269. The first-order valence-electron chi connectivity index (χ1n) is 23.2. The van der Waals surface area contributed by atoms with Crippen LogP contribution in [-0.4, -0.2) is 179 Å². The number of ether oxygens (including phenoxy) is 10. The molecule has 5 heterocycles. The largest absolute Gasteiger partial charge is 0.469 e. The zero-order valence-electron chi connectivity index (χ0n) is 38.2. The van der Waals surface area contributed by atoms with Gasteiger partial charge in [-0.1, -0.05) is 18.6 Å². The van der Waals surface area contributed by atoms with E-state index in [9.17, 15) is 40.5 Å². The molecular weight excluding hydrogens is 856 g/mol. The Labute approximate surface area is 379 Å². The van der Waals surface area contributed by atoms with E-state index in [1.54, 1.807) is 33.9 Å². The van der Waals surface area contributed by atoms with Gasteiger partial charge in [0, 0.05) is 45.0 Å². The molecule has 1 aromatic rings. The van der Waals surface area contributed by atoms with Gasteiger partial charge in [0.05, 0.1) is 61.7 Å². The van der Waals surface area contributed by atoms with E-state index in [1.807, 2.05) is 6.92 Å². The van der Waals surface area contributed by atoms with Crippen LogP contribution in [0.25, 0.3) is 0 Å². The maximum atomic E-state index is 13.9. The molecule has 0 bridgehead atoms. The summed E-state index contributed by atoms with van der Waals surface area (Å²) < 4.78 is 66.6. The van der Waals surface area contributed by atoms with Crippen molar-refractivity contribution >= 4 is 5.78 Å². The van der Waals surface area contributed by atoms with Crippen LogP contribution >= 0.6 is 0 Å². The number of fused-ring (bicyclic) bond motifs is 3. The lowest BCUT2D eigenvalue weighted by atomic mass is 9.51. The number of ketones is 1. The lowest BCUT2D eigenvalue weighted by Gasteiger charge is -2.55. The Bertz CT molecular complexity index is 1800. The van der Waals surface area contributed by atoms with Crippen LogP contribution in [0.3, 0.4) is 0 Å². The molecular formula is C46H70O19. The minimum atomic E-state index is -1.60. The standard InChI is InChI=1S/C46H70O19/c1-20-26(11-13-57-20)46(54)12-10-27-25(43(46)53)9-8-24-14-30(29(49)18-45(24,27)5)61-35-16-31(55-6)41(22(3)59-35)64-34-15-28(48)40(21(2)58-34)63-36-17-32(56-7)42(23(4)60-36)65-44-39(52)38(51)37(50)33(19-47)62-44/h8,11,13,21-23,25,27-42,44,47-52,54H,9-10,12,14-19H2,1-7H3/t21-,22-,23+,25-,27+,28+,29-,30-,31+,32+,33-,34+,35+,36+,37-,38+,39-,40-,41-,42+,44+,45+,46+/m1/s1. The second kappa shape index (κ2) is 19.8. The first kappa shape index (κ1) is 49.4. The molecule has 1 aromatic heterocycles. The third kappa shape index (κ3) is 9.41. The second-order valence-corrected chi connectivity index (χ2v) is 19.5. The van der Waals surface area contributed by atoms with E-state index in [2.05, 4.69) is 13.0 Å². The number of allylic oxidation sites excluding steroid dienone is 1. The number of hydrogen-bond donors (Lipinski definition) is 7. The molecule has 0 spiro atoms. The van der Waals surface area contributed by atoms with Gasteiger partial charge in [0.1, 0.15) is 48.5 Å². The Morgan fingerprint density at radius 2 is 1.35 bits per heavy atom. The molecule has 7 N–H and O–H groups in total. The molecule has 368 valence electrons. The third-order valence-corrected chi connectivity index (χ3v) is 15.6. The van der Waals surface area contributed by atoms with Gasteiger partial charge in [-0.05, 0) is 77.2 Å². The van der Waals surface area contributed by atoms with Crippen LogP contribution in [0.2, 0.25) is 0 Å². The van der Waals surface area contributed by atoms with Gasteiger partial charge in [-0.15, -0.1) is 0 Å². The molecule has 0 radical (unpaired) electrons. The summed E-state index contributed by atoms with van der Waals surface area (Å²) >= 11 is 0. The van der Waals surface area contributed by atoms with Crippen molar-refractivity contribution < 1.29 is 92.3 Å². The molecule has 65 heavy (non-hydrogen) atoms. The highest BCUT2D eigenvalue weighted by atomic mass is 16.8. The van der Waals surface area contributed by atoms with Gasteiger partial charge in [0.2, 0.25) is 0 Å². The molecule has 2 saturated carbocycles. The third-order valence-electron chi connectivity index (χ3n) is 15.6. The first-order valence-corrected chi connectivity index (χ1v) is 23.2. The topological polar surface area (TPSA) is 264 Å². The van der Waals surface area contributed by atoms with Crippen molar-refractivity contribution in [1.82, 2.24) is 0 Å². The van der Waals surface area contributed by atoms with Crippen molar-refractivity contribution in [2.75, 3.05) is 20.8 Å². The molecule has 23 atom stereocenters. The lowest BCUT2D eigenvalue weighted by Crippen LogP contribution is -2.62. The quantitative estimate of drug-likeness (QED) is 0.144. The number of aryl methyl sites for hydroxylation is 1. The number of carbonyl (C=O) groups is 1. The molecule has 4 saturated heterocycles. The Morgan fingerprint density at radius 3 is 1.95 bits per heavy atom. The number of Topliss-reactive ketones (excluding diaryl/α,β-unsaturated/α-hetero) is 1. The van der Waals surface area contributed by atoms with Crippen LogP contribution in [0, 0.1) is 24.2 Å². The van der Waals surface area contributed by atoms with Crippen LogP contribution < -0.4 is 0 Å². The second-order valence-electron chi connectivity index (χ2n) is 19.5. The van der Waals surface area contributed by atoms with Gasteiger partial charge in [0.15, 0.2) is 36.5 Å². The summed E-state index contributed by atoms with van der Waals surface area (Å²) in [6.07, 6.45) is -10.6. The van der Waals surface area contributed by atoms with Crippen molar-refractivity contribution in [2.45, 2.75) is 208 Å². The molecule has 8 rings (SSSR count). The number of aliphatic hydroxyl groups excluding tert-OH is 6. The lowest BCUT2D eigenvalue weighted by molar-refractivity contribution is -0.356. The summed E-state index contributed by atoms with van der Waals surface area (Å²) in [5, 5.41) is 75.2. The summed E-state index contributed by atoms with van der Waals surface area (Å²) in [5.41, 5.74) is -0.334. The van der Waals surface area contributed by atoms with Gasteiger partial charge in [-0.2, -0.15) is 0 Å². The maximum Gasteiger partial charge on any atom is 0.187 e. The summed E-state index contributed by atoms with van der Waals surface area (Å²) in [6, 6.07) is 1.69. The zero-order chi connectivity index (χ0) is 46.7. The minimum Gasteiger partial charge on any atom is -0.469 e. The predicted octanol–water partition coefficient (Wildman–Crippen LogP) is 0.998. The molecule has 0 unspecified atom stereocenters. The fourth-order valence-corrected chi connectivity index (χ4v) is 11.9. The zero-order valence-corrected chi connectivity index (χ0v) is 38.2. The van der Waals surface area contributed by atoms with Crippen LogP contribution in [0.4, 0.5) is 0 Å². The van der Waals surface area contributed by atoms with Crippen molar-refractivity contribution in [3.8, 4) is 0 Å². The first-order chi connectivity index (χ1) is 30.9. The summed E-state index contributed by atoms with van der Waals surface area (Å²) in [7, 11) is 3.07. The van der Waals surface area contributed by atoms with E-state index < -0.39 is 134 Å². The van der Waals surface area contributed by atoms with E-state index >= 15 is 0 Å². The fourth-order valence-electron chi connectivity index (χ4n) is 11.9. The van der Waals surface area contributed by atoms with Gasteiger partial charge in [0.25, 0.3) is 0 Å². The number of aliphatic hydroxyl groups is 7. The van der Waals surface area contributed by atoms with E-state index in [-0.39, 0.29) is 30.5 Å². The maximum absolute atomic E-state index is 13.9. The highest BCUT2D eigenvalue weighted by Gasteiger charge is 2.59. The number of furan rings is 1. The number of hydrogen-bond acceptors (Lipinski definition) is 19. The molecule has 4 aliphatic heterocycles. The highest BCUT2D eigenvalue weighted by Crippen LogP contribution is 2.59. The molecule has 3 aliphatic carbocycles. The smallest absolute Gasteiger partial charge is 0.187 e. The van der Waals surface area contributed by atoms with Gasteiger partial charge in [-0.3, -0.25) is 4.79 Å². The average molecular weight is 927 g/mol. The number of rotatable bonds is 12. The summed E-state index contributed by atoms with van der Waals surface area (Å²) in [4.78, 5) is 13.9. The molecule has 0 aromatic carbocycles. The number of carbonyl (C=O) groups excluding carboxylic acids is 1. The van der Waals surface area contributed by atoms with Crippen LogP contribution in [0.5, 0.6) is 0 Å². The van der Waals surface area contributed by atoms with Crippen LogP contribution in [0.1, 0.15) is 90.4 Å².